The van der Waals surface area contributed by atoms with Crippen LogP contribution in [0.3, 0.4) is 0 Å². The van der Waals surface area contributed by atoms with Crippen LogP contribution in [0, 0.1) is 0 Å². The van der Waals surface area contributed by atoms with E-state index in [4.69, 9.17) is 5.73 Å². The highest BCUT2D eigenvalue weighted by atomic mass is 16.2. The van der Waals surface area contributed by atoms with Crippen LogP contribution < -0.4 is 17.0 Å². The fourth-order valence-corrected chi connectivity index (χ4v) is 1.28. The number of anilines is 1. The van der Waals surface area contributed by atoms with Gasteiger partial charge < -0.3 is 5.73 Å². The van der Waals surface area contributed by atoms with E-state index in [1.54, 1.807) is 0 Å². The summed E-state index contributed by atoms with van der Waals surface area (Å²) in [6, 6.07) is 0. The lowest BCUT2D eigenvalue weighted by molar-refractivity contribution is 0.578. The Morgan fingerprint density at radius 1 is 1.31 bits per heavy atom. The van der Waals surface area contributed by atoms with Gasteiger partial charge in [-0.15, -0.1) is 5.10 Å². The summed E-state index contributed by atoms with van der Waals surface area (Å²) in [6.07, 6.45) is 2.85. The van der Waals surface area contributed by atoms with Gasteiger partial charge in [0.05, 0.1) is 18.1 Å². The van der Waals surface area contributed by atoms with Crippen LogP contribution in [0.4, 0.5) is 5.69 Å². The Morgan fingerprint density at radius 3 is 2.56 bits per heavy atom. The van der Waals surface area contributed by atoms with Crippen LogP contribution in [-0.2, 0) is 14.1 Å². The van der Waals surface area contributed by atoms with E-state index in [1.165, 1.54) is 31.2 Å². The minimum Gasteiger partial charge on any atom is -0.396 e. The van der Waals surface area contributed by atoms with Gasteiger partial charge >= 0.3 is 11.2 Å². The quantitative estimate of drug-likeness (QED) is 0.616. The van der Waals surface area contributed by atoms with Crippen molar-refractivity contribution in [3.05, 3.63) is 33.2 Å². The fourth-order valence-electron chi connectivity index (χ4n) is 1.28. The number of aryl methyl sites for hydroxylation is 1. The first kappa shape index (κ1) is 10.1. The number of hydrogen-bond donors (Lipinski definition) is 1. The zero-order chi connectivity index (χ0) is 11.9. The molecule has 0 atom stereocenters. The lowest BCUT2D eigenvalue weighted by Gasteiger charge is -2.04. The summed E-state index contributed by atoms with van der Waals surface area (Å²) in [6.45, 7) is 0. The van der Waals surface area contributed by atoms with Crippen LogP contribution in [0.1, 0.15) is 0 Å². The summed E-state index contributed by atoms with van der Waals surface area (Å²) in [5, 5.41) is 7.69. The zero-order valence-corrected chi connectivity index (χ0v) is 8.78. The summed E-state index contributed by atoms with van der Waals surface area (Å²) >= 11 is 0. The molecule has 8 nitrogen and oxygen atoms in total. The molecule has 0 bridgehead atoms. The molecule has 0 aliphatic rings. The molecule has 0 unspecified atom stereocenters. The van der Waals surface area contributed by atoms with Crippen molar-refractivity contribution in [3.8, 4) is 5.82 Å². The topological polar surface area (TPSA) is 101 Å². The van der Waals surface area contributed by atoms with Crippen molar-refractivity contribution >= 4 is 5.69 Å². The van der Waals surface area contributed by atoms with E-state index >= 15 is 0 Å². The minimum atomic E-state index is -0.522. The molecular weight excluding hydrogens is 212 g/mol. The Bertz CT molecular complexity index is 649. The Labute approximate surface area is 89.5 Å². The van der Waals surface area contributed by atoms with Crippen molar-refractivity contribution in [1.82, 2.24) is 24.1 Å². The largest absolute Gasteiger partial charge is 0.396 e. The molecular formula is C8H10N6O2. The van der Waals surface area contributed by atoms with Crippen LogP contribution in [0.5, 0.6) is 0 Å². The van der Waals surface area contributed by atoms with Crippen molar-refractivity contribution in [1.29, 1.82) is 0 Å². The second-order valence-corrected chi connectivity index (χ2v) is 3.31. The highest BCUT2D eigenvalue weighted by Crippen LogP contribution is 2.00. The second kappa shape index (κ2) is 3.33. The summed E-state index contributed by atoms with van der Waals surface area (Å²) in [7, 11) is 2.83. The van der Waals surface area contributed by atoms with Crippen LogP contribution in [0.2, 0.25) is 0 Å². The molecule has 2 aromatic rings. The lowest BCUT2D eigenvalue weighted by atomic mass is 10.6. The number of rotatable bonds is 1. The van der Waals surface area contributed by atoms with Gasteiger partial charge in [0.15, 0.2) is 0 Å². The van der Waals surface area contributed by atoms with E-state index in [-0.39, 0.29) is 5.82 Å². The third-order valence-corrected chi connectivity index (χ3v) is 2.12. The normalized spacial score (nSPS) is 10.6. The second-order valence-electron chi connectivity index (χ2n) is 3.31. The molecule has 0 saturated heterocycles. The van der Waals surface area contributed by atoms with Crippen molar-refractivity contribution in [2.75, 3.05) is 5.73 Å². The van der Waals surface area contributed by atoms with Crippen molar-refractivity contribution in [3.63, 3.8) is 0 Å². The molecule has 0 spiro atoms. The zero-order valence-electron chi connectivity index (χ0n) is 8.78. The third kappa shape index (κ3) is 1.40. The molecule has 84 valence electrons. The van der Waals surface area contributed by atoms with Gasteiger partial charge in [-0.05, 0) is 0 Å². The first-order valence-corrected chi connectivity index (χ1v) is 4.45. The average molecular weight is 222 g/mol. The SMILES string of the molecule is Cn1nc(-n2cc(N)cn2)c(=O)n(C)c1=O. The Morgan fingerprint density at radius 2 is 2.00 bits per heavy atom. The van der Waals surface area contributed by atoms with Gasteiger partial charge in [-0.25, -0.2) is 14.2 Å². The van der Waals surface area contributed by atoms with Gasteiger partial charge in [0.2, 0.25) is 5.82 Å². The van der Waals surface area contributed by atoms with Gasteiger partial charge in [0, 0.05) is 14.1 Å². The predicted molar refractivity (Wildman–Crippen MR) is 56.3 cm³/mol. The summed E-state index contributed by atoms with van der Waals surface area (Å²) in [5.74, 6) is 0.0290. The number of hydrogen-bond acceptors (Lipinski definition) is 5. The number of nitrogens with two attached hydrogens (primary N) is 1. The molecule has 8 heteroatoms. The number of nitrogen functional groups attached to an aromatic ring is 1. The molecule has 2 heterocycles. The maximum atomic E-state index is 11.7. The van der Waals surface area contributed by atoms with E-state index in [2.05, 4.69) is 10.2 Å². The first-order chi connectivity index (χ1) is 7.50. The first-order valence-electron chi connectivity index (χ1n) is 4.45. The van der Waals surface area contributed by atoms with Crippen molar-refractivity contribution in [2.24, 2.45) is 14.1 Å². The van der Waals surface area contributed by atoms with Crippen molar-refractivity contribution in [2.45, 2.75) is 0 Å². The average Bonchev–Trinajstić information content (AvgIpc) is 2.67. The fraction of sp³-hybridized carbons (Fsp3) is 0.250. The molecule has 16 heavy (non-hydrogen) atoms. The molecule has 2 N–H and O–H groups in total. The molecule has 2 aromatic heterocycles. The van der Waals surface area contributed by atoms with Gasteiger partial charge in [-0.2, -0.15) is 5.10 Å². The minimum absolute atomic E-state index is 0.0290. The number of aromatic nitrogens is 5. The maximum absolute atomic E-state index is 11.7. The summed E-state index contributed by atoms with van der Waals surface area (Å²) in [5.41, 5.74) is 4.88. The summed E-state index contributed by atoms with van der Waals surface area (Å²) in [4.78, 5) is 23.1. The Balaban J connectivity index is 2.77. The van der Waals surface area contributed by atoms with E-state index in [1.807, 2.05) is 0 Å². The lowest BCUT2D eigenvalue weighted by Crippen LogP contribution is -2.40. The smallest absolute Gasteiger partial charge is 0.346 e. The molecule has 0 amide bonds. The van der Waals surface area contributed by atoms with Crippen LogP contribution in [-0.4, -0.2) is 24.1 Å². The molecule has 0 aliphatic carbocycles. The van der Waals surface area contributed by atoms with Gasteiger partial charge in [-0.3, -0.25) is 9.36 Å². The van der Waals surface area contributed by atoms with Crippen LogP contribution in [0.15, 0.2) is 22.0 Å². The van der Waals surface area contributed by atoms with Crippen molar-refractivity contribution < 1.29 is 0 Å². The molecule has 0 fully saturated rings. The monoisotopic (exact) mass is 222 g/mol. The Kier molecular flexibility index (Phi) is 2.11. The van der Waals surface area contributed by atoms with Crippen LogP contribution in [0.25, 0.3) is 5.82 Å². The maximum Gasteiger partial charge on any atom is 0.346 e. The highest BCUT2D eigenvalue weighted by molar-refractivity contribution is 5.33. The van der Waals surface area contributed by atoms with Crippen LogP contribution >= 0.6 is 0 Å². The van der Waals surface area contributed by atoms with E-state index < -0.39 is 11.2 Å². The van der Waals surface area contributed by atoms with E-state index in [9.17, 15) is 9.59 Å². The third-order valence-electron chi connectivity index (χ3n) is 2.12. The number of nitrogens with zero attached hydrogens (tertiary/aromatic N) is 5. The Hall–Kier alpha value is -2.38. The van der Waals surface area contributed by atoms with Gasteiger partial charge in [-0.1, -0.05) is 0 Å². The molecule has 0 radical (unpaired) electrons. The van der Waals surface area contributed by atoms with Gasteiger partial charge in [0.25, 0.3) is 0 Å². The molecule has 0 saturated carbocycles. The van der Waals surface area contributed by atoms with E-state index in [0.717, 1.165) is 9.25 Å². The van der Waals surface area contributed by atoms with Gasteiger partial charge in [0.1, 0.15) is 0 Å². The highest BCUT2D eigenvalue weighted by Gasteiger charge is 2.11. The molecule has 0 aliphatic heterocycles. The molecule has 2 rings (SSSR count). The summed E-state index contributed by atoms with van der Waals surface area (Å²) < 4.78 is 3.26. The predicted octanol–water partition coefficient (Wildman–Crippen LogP) is -1.75. The standard InChI is InChI=1S/C8H10N6O2/c1-12-7(15)6(11-13(2)8(12)16)14-4-5(9)3-10-14/h3-4H,9H2,1-2H3. The molecule has 0 aromatic carbocycles. The van der Waals surface area contributed by atoms with E-state index in [0.29, 0.717) is 5.69 Å².